The molecule has 0 radical (unpaired) electrons. The normalized spacial score (nSPS) is 11.6. The number of hydrogen-bond donors (Lipinski definition) is 2. The lowest BCUT2D eigenvalue weighted by molar-refractivity contribution is -0.139. The van der Waals surface area contributed by atoms with Crippen LogP contribution in [0.25, 0.3) is 0 Å². The summed E-state index contributed by atoms with van der Waals surface area (Å²) in [5.74, 6) is -1.43. The summed E-state index contributed by atoms with van der Waals surface area (Å²) in [5, 5.41) is 12.0. The molecule has 0 bridgehead atoms. The fourth-order valence-electron chi connectivity index (χ4n) is 2.59. The van der Waals surface area contributed by atoms with Crippen LogP contribution in [-0.2, 0) is 11.2 Å². The van der Waals surface area contributed by atoms with Gasteiger partial charge in [0.25, 0.3) is 5.91 Å². The third-order valence-electron chi connectivity index (χ3n) is 3.83. The first-order chi connectivity index (χ1) is 11.4. The Hall–Kier alpha value is -2.82. The number of carbonyl (C=O) groups is 2. The smallest absolute Gasteiger partial charge is 0.326 e. The molecule has 5 nitrogen and oxygen atoms in total. The molecule has 2 rings (SSSR count). The van der Waals surface area contributed by atoms with E-state index in [4.69, 9.17) is 0 Å². The number of nitrogens with zero attached hydrogens (tertiary/aromatic N) is 1. The first kappa shape index (κ1) is 17.5. The van der Waals surface area contributed by atoms with E-state index in [1.165, 1.54) is 0 Å². The summed E-state index contributed by atoms with van der Waals surface area (Å²) in [6, 6.07) is 13.6. The largest absolute Gasteiger partial charge is 0.480 e. The van der Waals surface area contributed by atoms with Crippen LogP contribution in [0.4, 0.5) is 5.69 Å². The highest BCUT2D eigenvalue weighted by Crippen LogP contribution is 2.19. The van der Waals surface area contributed by atoms with Gasteiger partial charge in [0.15, 0.2) is 0 Å². The summed E-state index contributed by atoms with van der Waals surface area (Å²) in [7, 11) is 3.87. The zero-order valence-corrected chi connectivity index (χ0v) is 14.1. The number of hydrogen-bond acceptors (Lipinski definition) is 3. The van der Waals surface area contributed by atoms with Gasteiger partial charge in [-0.1, -0.05) is 30.3 Å². The molecule has 2 N–H and O–H groups in total. The Morgan fingerprint density at radius 2 is 1.79 bits per heavy atom. The zero-order valence-electron chi connectivity index (χ0n) is 14.1. The van der Waals surface area contributed by atoms with E-state index in [1.807, 2.05) is 62.3 Å². The molecular formula is C19H22N2O3. The van der Waals surface area contributed by atoms with Crippen LogP contribution in [0.5, 0.6) is 0 Å². The quantitative estimate of drug-likeness (QED) is 0.856. The average Bonchev–Trinajstić information content (AvgIpc) is 2.54. The van der Waals surface area contributed by atoms with Gasteiger partial charge in [-0.15, -0.1) is 0 Å². The molecule has 0 fully saturated rings. The molecule has 2 aromatic rings. The van der Waals surface area contributed by atoms with E-state index in [1.54, 1.807) is 12.1 Å². The number of amides is 1. The van der Waals surface area contributed by atoms with Crippen LogP contribution in [0.15, 0.2) is 48.5 Å². The molecule has 0 aliphatic carbocycles. The van der Waals surface area contributed by atoms with Crippen molar-refractivity contribution in [1.29, 1.82) is 0 Å². The molecule has 1 amide bonds. The Morgan fingerprint density at radius 3 is 2.33 bits per heavy atom. The van der Waals surface area contributed by atoms with E-state index in [9.17, 15) is 14.7 Å². The number of anilines is 1. The molecule has 1 unspecified atom stereocenters. The van der Waals surface area contributed by atoms with Gasteiger partial charge in [-0.05, 0) is 36.2 Å². The summed E-state index contributed by atoms with van der Waals surface area (Å²) >= 11 is 0. The highest BCUT2D eigenvalue weighted by molar-refractivity contribution is 5.97. The van der Waals surface area contributed by atoms with Crippen LogP contribution in [0.2, 0.25) is 0 Å². The van der Waals surface area contributed by atoms with E-state index >= 15 is 0 Å². The molecule has 2 aromatic carbocycles. The van der Waals surface area contributed by atoms with E-state index in [0.29, 0.717) is 5.56 Å². The number of carbonyl (C=O) groups excluding carboxylic acids is 1. The van der Waals surface area contributed by atoms with E-state index in [2.05, 4.69) is 5.32 Å². The van der Waals surface area contributed by atoms with Gasteiger partial charge in [-0.2, -0.15) is 0 Å². The van der Waals surface area contributed by atoms with Crippen molar-refractivity contribution in [2.45, 2.75) is 19.4 Å². The maximum Gasteiger partial charge on any atom is 0.326 e. The fourth-order valence-corrected chi connectivity index (χ4v) is 2.59. The van der Waals surface area contributed by atoms with E-state index in [-0.39, 0.29) is 12.3 Å². The molecule has 1 atom stereocenters. The highest BCUT2D eigenvalue weighted by Gasteiger charge is 2.21. The summed E-state index contributed by atoms with van der Waals surface area (Å²) in [6.45, 7) is 1.92. The Kier molecular flexibility index (Phi) is 5.58. The minimum atomic E-state index is -1.05. The first-order valence-corrected chi connectivity index (χ1v) is 7.74. The topological polar surface area (TPSA) is 69.6 Å². The predicted molar refractivity (Wildman–Crippen MR) is 94.5 cm³/mol. The van der Waals surface area contributed by atoms with Gasteiger partial charge in [-0.3, -0.25) is 4.79 Å². The van der Waals surface area contributed by atoms with Gasteiger partial charge in [-0.25, -0.2) is 4.79 Å². The van der Waals surface area contributed by atoms with Crippen molar-refractivity contribution in [3.63, 3.8) is 0 Å². The second kappa shape index (κ2) is 7.64. The van der Waals surface area contributed by atoms with Crippen molar-refractivity contribution in [3.05, 3.63) is 65.2 Å². The molecule has 24 heavy (non-hydrogen) atoms. The molecule has 0 aromatic heterocycles. The minimum absolute atomic E-state index is 0.247. The summed E-state index contributed by atoms with van der Waals surface area (Å²) in [5.41, 5.74) is 3.30. The lowest BCUT2D eigenvalue weighted by Gasteiger charge is -2.18. The predicted octanol–water partition coefficient (Wildman–Crippen LogP) is 2.49. The van der Waals surface area contributed by atoms with Crippen molar-refractivity contribution in [3.8, 4) is 0 Å². The molecule has 126 valence electrons. The highest BCUT2D eigenvalue weighted by atomic mass is 16.4. The van der Waals surface area contributed by atoms with Crippen molar-refractivity contribution in [2.24, 2.45) is 0 Å². The van der Waals surface area contributed by atoms with Gasteiger partial charge in [0, 0.05) is 31.8 Å². The summed E-state index contributed by atoms with van der Waals surface area (Å²) in [6.07, 6.45) is 0.247. The SMILES string of the molecule is Cc1cc(C(=O)NC(Cc2ccccc2)C(=O)O)ccc1N(C)C. The van der Waals surface area contributed by atoms with Gasteiger partial charge in [0.05, 0.1) is 0 Å². The number of benzene rings is 2. The molecule has 0 aliphatic heterocycles. The molecule has 0 heterocycles. The van der Waals surface area contributed by atoms with Gasteiger partial charge in [0.2, 0.25) is 0 Å². The fraction of sp³-hybridized carbons (Fsp3) is 0.263. The Bertz CT molecular complexity index is 727. The van der Waals surface area contributed by atoms with E-state index < -0.39 is 12.0 Å². The monoisotopic (exact) mass is 326 g/mol. The number of carboxylic acid groups (broad SMARTS) is 1. The Labute approximate surface area is 141 Å². The van der Waals surface area contributed by atoms with E-state index in [0.717, 1.165) is 16.8 Å². The number of aryl methyl sites for hydroxylation is 1. The Morgan fingerprint density at radius 1 is 1.12 bits per heavy atom. The lowest BCUT2D eigenvalue weighted by Crippen LogP contribution is -2.42. The first-order valence-electron chi connectivity index (χ1n) is 7.74. The minimum Gasteiger partial charge on any atom is -0.480 e. The van der Waals surface area contributed by atoms with Crippen LogP contribution in [0, 0.1) is 6.92 Å². The number of aliphatic carboxylic acids is 1. The van der Waals surface area contributed by atoms with Crippen LogP contribution >= 0.6 is 0 Å². The third kappa shape index (κ3) is 4.35. The van der Waals surface area contributed by atoms with Crippen LogP contribution in [0.3, 0.4) is 0 Å². The van der Waals surface area contributed by atoms with Crippen molar-refractivity contribution in [2.75, 3.05) is 19.0 Å². The Balaban J connectivity index is 2.13. The lowest BCUT2D eigenvalue weighted by atomic mass is 10.0. The zero-order chi connectivity index (χ0) is 17.7. The van der Waals surface area contributed by atoms with Gasteiger partial charge < -0.3 is 15.3 Å². The van der Waals surface area contributed by atoms with Gasteiger partial charge >= 0.3 is 5.97 Å². The second-order valence-corrected chi connectivity index (χ2v) is 5.95. The summed E-state index contributed by atoms with van der Waals surface area (Å²) < 4.78 is 0. The standard InChI is InChI=1S/C19H22N2O3/c1-13-11-15(9-10-17(13)21(2)3)18(22)20-16(19(23)24)12-14-7-5-4-6-8-14/h4-11,16H,12H2,1-3H3,(H,20,22)(H,23,24). The van der Waals surface area contributed by atoms with Crippen molar-refractivity contribution < 1.29 is 14.7 Å². The molecule has 0 saturated carbocycles. The third-order valence-corrected chi connectivity index (χ3v) is 3.83. The molecule has 0 spiro atoms. The average molecular weight is 326 g/mol. The van der Waals surface area contributed by atoms with Crippen molar-refractivity contribution >= 4 is 17.6 Å². The maximum atomic E-state index is 12.4. The summed E-state index contributed by atoms with van der Waals surface area (Å²) in [4.78, 5) is 25.8. The molecule has 0 aliphatic rings. The van der Waals surface area contributed by atoms with Crippen molar-refractivity contribution in [1.82, 2.24) is 5.32 Å². The molecule has 5 heteroatoms. The number of nitrogens with one attached hydrogen (secondary N) is 1. The molecule has 0 saturated heterocycles. The number of carboxylic acids is 1. The van der Waals surface area contributed by atoms with Crippen LogP contribution < -0.4 is 10.2 Å². The van der Waals surface area contributed by atoms with Crippen LogP contribution in [-0.4, -0.2) is 37.1 Å². The van der Waals surface area contributed by atoms with Gasteiger partial charge in [0.1, 0.15) is 6.04 Å². The second-order valence-electron chi connectivity index (χ2n) is 5.95. The number of rotatable bonds is 6. The van der Waals surface area contributed by atoms with Crippen LogP contribution in [0.1, 0.15) is 21.5 Å². The maximum absolute atomic E-state index is 12.4. The molecular weight excluding hydrogens is 304 g/mol.